The predicted molar refractivity (Wildman–Crippen MR) is 101 cm³/mol. The summed E-state index contributed by atoms with van der Waals surface area (Å²) < 4.78 is 19.7. The first kappa shape index (κ1) is 19.7. The molecule has 0 atom stereocenters. The number of hydrogen-bond donors (Lipinski definition) is 1. The van der Waals surface area contributed by atoms with E-state index in [2.05, 4.69) is 26.5 Å². The fraction of sp³-hybridized carbons (Fsp3) is 0.176. The average Bonchev–Trinajstić information content (AvgIpc) is 2.57. The summed E-state index contributed by atoms with van der Waals surface area (Å²) in [6.07, 6.45) is 1.14. The first-order chi connectivity index (χ1) is 11.8. The number of rotatable bonds is 5. The number of carbonyl (C=O) groups is 1. The van der Waals surface area contributed by atoms with Crippen LogP contribution in [0, 0.1) is 19.7 Å². The van der Waals surface area contributed by atoms with Crippen molar-refractivity contribution in [1.82, 2.24) is 5.43 Å². The lowest BCUT2D eigenvalue weighted by Gasteiger charge is -2.12. The van der Waals surface area contributed by atoms with Gasteiger partial charge < -0.3 is 4.74 Å². The maximum absolute atomic E-state index is 13.6. The summed E-state index contributed by atoms with van der Waals surface area (Å²) in [7, 11) is 0. The molecule has 0 aliphatic carbocycles. The zero-order valence-electron chi connectivity index (χ0n) is 13.4. The summed E-state index contributed by atoms with van der Waals surface area (Å²) >= 11 is 15.4. The third-order valence-electron chi connectivity index (χ3n) is 3.31. The second-order valence-electron chi connectivity index (χ2n) is 5.16. The van der Waals surface area contributed by atoms with Crippen molar-refractivity contribution in [3.05, 3.63) is 61.3 Å². The smallest absolute Gasteiger partial charge is 0.277 e. The second kappa shape index (κ2) is 8.65. The van der Waals surface area contributed by atoms with Crippen LogP contribution in [0.3, 0.4) is 0 Å². The van der Waals surface area contributed by atoms with Crippen molar-refractivity contribution < 1.29 is 13.9 Å². The lowest BCUT2D eigenvalue weighted by molar-refractivity contribution is -0.123. The van der Waals surface area contributed by atoms with Gasteiger partial charge in [0.2, 0.25) is 0 Å². The summed E-state index contributed by atoms with van der Waals surface area (Å²) in [5.74, 6) is -0.533. The van der Waals surface area contributed by atoms with Crippen molar-refractivity contribution >= 4 is 51.3 Å². The van der Waals surface area contributed by atoms with E-state index >= 15 is 0 Å². The Bertz CT molecular complexity index is 824. The predicted octanol–water partition coefficient (Wildman–Crippen LogP) is 5.04. The zero-order chi connectivity index (χ0) is 18.6. The van der Waals surface area contributed by atoms with Crippen molar-refractivity contribution in [2.24, 2.45) is 5.10 Å². The lowest BCUT2D eigenvalue weighted by Crippen LogP contribution is -2.24. The number of nitrogens with zero attached hydrogens (tertiary/aromatic N) is 1. The standard InChI is InChI=1S/C17H14BrCl2FN2O2/c1-9-6-14(16(18)10(2)17(9)20)25-8-15(24)23-22-7-11-12(19)4-3-5-13(11)21/h3-7H,8H2,1-2H3,(H,23,24)/b22-7+. The molecule has 0 aromatic heterocycles. The SMILES string of the molecule is Cc1cc(OCC(=O)N/N=C/c2c(F)cccc2Cl)c(Br)c(C)c1Cl. The van der Waals surface area contributed by atoms with E-state index in [0.717, 1.165) is 17.3 Å². The molecule has 0 aliphatic rings. The summed E-state index contributed by atoms with van der Waals surface area (Å²) in [4.78, 5) is 11.8. The molecule has 4 nitrogen and oxygen atoms in total. The molecule has 2 rings (SSSR count). The summed E-state index contributed by atoms with van der Waals surface area (Å²) in [6.45, 7) is 3.42. The van der Waals surface area contributed by atoms with Crippen LogP contribution < -0.4 is 10.2 Å². The fourth-order valence-corrected chi connectivity index (χ4v) is 2.89. The number of hydrogen-bond acceptors (Lipinski definition) is 3. The average molecular weight is 448 g/mol. The maximum Gasteiger partial charge on any atom is 0.277 e. The van der Waals surface area contributed by atoms with E-state index < -0.39 is 11.7 Å². The van der Waals surface area contributed by atoms with E-state index in [1.54, 1.807) is 6.07 Å². The minimum atomic E-state index is -0.530. The van der Waals surface area contributed by atoms with Gasteiger partial charge in [-0.1, -0.05) is 29.3 Å². The van der Waals surface area contributed by atoms with E-state index in [0.29, 0.717) is 15.2 Å². The molecule has 25 heavy (non-hydrogen) atoms. The van der Waals surface area contributed by atoms with Gasteiger partial charge in [0, 0.05) is 10.6 Å². The molecule has 0 spiro atoms. The molecule has 0 heterocycles. The molecular formula is C17H14BrCl2FN2O2. The Balaban J connectivity index is 1.97. The van der Waals surface area contributed by atoms with Gasteiger partial charge in [0.15, 0.2) is 6.61 Å². The molecule has 2 aromatic carbocycles. The van der Waals surface area contributed by atoms with Gasteiger partial charge in [-0.25, -0.2) is 9.82 Å². The van der Waals surface area contributed by atoms with Crippen molar-refractivity contribution in [3.63, 3.8) is 0 Å². The Morgan fingerprint density at radius 3 is 2.80 bits per heavy atom. The normalized spacial score (nSPS) is 11.0. The van der Waals surface area contributed by atoms with Crippen LogP contribution in [-0.2, 0) is 4.79 Å². The lowest BCUT2D eigenvalue weighted by atomic mass is 10.1. The van der Waals surface area contributed by atoms with Crippen LogP contribution in [0.1, 0.15) is 16.7 Å². The maximum atomic E-state index is 13.6. The highest BCUT2D eigenvalue weighted by atomic mass is 79.9. The van der Waals surface area contributed by atoms with Crippen molar-refractivity contribution in [3.8, 4) is 5.75 Å². The molecule has 0 bridgehead atoms. The van der Waals surface area contributed by atoms with Crippen LogP contribution >= 0.6 is 39.1 Å². The number of benzene rings is 2. The molecule has 0 radical (unpaired) electrons. The van der Waals surface area contributed by atoms with Crippen molar-refractivity contribution in [2.45, 2.75) is 13.8 Å². The molecule has 0 fully saturated rings. The molecule has 0 unspecified atom stereocenters. The molecule has 0 saturated carbocycles. The Kier molecular flexibility index (Phi) is 6.81. The van der Waals surface area contributed by atoms with Crippen molar-refractivity contribution in [2.75, 3.05) is 6.61 Å². The van der Waals surface area contributed by atoms with Gasteiger partial charge in [0.05, 0.1) is 15.7 Å². The van der Waals surface area contributed by atoms with E-state index in [1.165, 1.54) is 18.2 Å². The summed E-state index contributed by atoms with van der Waals surface area (Å²) in [5.41, 5.74) is 4.01. The van der Waals surface area contributed by atoms with Crippen LogP contribution in [0.5, 0.6) is 5.75 Å². The highest BCUT2D eigenvalue weighted by molar-refractivity contribution is 9.10. The number of halogens is 4. The number of amides is 1. The van der Waals surface area contributed by atoms with Gasteiger partial charge in [0.25, 0.3) is 5.91 Å². The van der Waals surface area contributed by atoms with Gasteiger partial charge in [-0.15, -0.1) is 0 Å². The first-order valence-electron chi connectivity index (χ1n) is 7.15. The Labute approximate surface area is 163 Å². The number of ether oxygens (including phenoxy) is 1. The van der Waals surface area contributed by atoms with Crippen LogP contribution in [0.15, 0.2) is 33.8 Å². The Hall–Kier alpha value is -1.63. The number of hydrazone groups is 1. The summed E-state index contributed by atoms with van der Waals surface area (Å²) in [5, 5.41) is 4.52. The molecule has 8 heteroatoms. The first-order valence-corrected chi connectivity index (χ1v) is 8.70. The third-order valence-corrected chi connectivity index (χ3v) is 5.21. The van der Waals surface area contributed by atoms with Crippen LogP contribution in [-0.4, -0.2) is 18.7 Å². The number of nitrogens with one attached hydrogen (secondary N) is 1. The molecule has 0 aliphatic heterocycles. The van der Waals surface area contributed by atoms with Gasteiger partial charge in [-0.05, 0) is 59.1 Å². The molecular weight excluding hydrogens is 434 g/mol. The van der Waals surface area contributed by atoms with Crippen LogP contribution in [0.25, 0.3) is 0 Å². The monoisotopic (exact) mass is 446 g/mol. The van der Waals surface area contributed by atoms with Crippen LogP contribution in [0.2, 0.25) is 10.0 Å². The highest BCUT2D eigenvalue weighted by Crippen LogP contribution is 2.35. The van der Waals surface area contributed by atoms with Crippen molar-refractivity contribution in [1.29, 1.82) is 0 Å². The largest absolute Gasteiger partial charge is 0.483 e. The quantitative estimate of drug-likeness (QED) is 0.515. The molecule has 1 amide bonds. The zero-order valence-corrected chi connectivity index (χ0v) is 16.5. The highest BCUT2D eigenvalue weighted by Gasteiger charge is 2.12. The minimum absolute atomic E-state index is 0.0945. The van der Waals surface area contributed by atoms with Gasteiger partial charge in [-0.3, -0.25) is 4.79 Å². The van der Waals surface area contributed by atoms with E-state index in [9.17, 15) is 9.18 Å². The van der Waals surface area contributed by atoms with Gasteiger partial charge >= 0.3 is 0 Å². The number of aryl methyl sites for hydroxylation is 1. The molecule has 0 saturated heterocycles. The third kappa shape index (κ3) is 4.93. The van der Waals surface area contributed by atoms with Crippen LogP contribution in [0.4, 0.5) is 4.39 Å². The van der Waals surface area contributed by atoms with Gasteiger partial charge in [-0.2, -0.15) is 5.10 Å². The number of carbonyl (C=O) groups excluding carboxylic acids is 1. The molecule has 132 valence electrons. The van der Waals surface area contributed by atoms with E-state index in [-0.39, 0.29) is 17.2 Å². The second-order valence-corrected chi connectivity index (χ2v) is 6.74. The fourth-order valence-electron chi connectivity index (χ4n) is 1.98. The topological polar surface area (TPSA) is 50.7 Å². The van der Waals surface area contributed by atoms with E-state index in [4.69, 9.17) is 27.9 Å². The molecule has 1 N–H and O–H groups in total. The minimum Gasteiger partial charge on any atom is -0.483 e. The Morgan fingerprint density at radius 1 is 1.40 bits per heavy atom. The Morgan fingerprint density at radius 2 is 2.12 bits per heavy atom. The summed E-state index contributed by atoms with van der Waals surface area (Å²) in [6, 6.07) is 5.99. The van der Waals surface area contributed by atoms with Gasteiger partial charge in [0.1, 0.15) is 11.6 Å². The van der Waals surface area contributed by atoms with E-state index in [1.807, 2.05) is 13.8 Å². The molecule has 2 aromatic rings.